The molecule has 3 aromatic carbocycles. The molecule has 0 saturated carbocycles. The number of methoxy groups -OCH3 is 1. The Morgan fingerprint density at radius 2 is 1.85 bits per heavy atom. The highest BCUT2D eigenvalue weighted by Crippen LogP contribution is 2.34. The molecule has 4 aromatic rings. The van der Waals surface area contributed by atoms with Crippen molar-refractivity contribution in [1.82, 2.24) is 9.97 Å². The minimum Gasteiger partial charge on any atom is -0.494 e. The van der Waals surface area contributed by atoms with Crippen molar-refractivity contribution >= 4 is 51.3 Å². The molecule has 0 aliphatic heterocycles. The summed E-state index contributed by atoms with van der Waals surface area (Å²) in [6, 6.07) is 9.69. The largest absolute Gasteiger partial charge is 0.494 e. The van der Waals surface area contributed by atoms with E-state index in [0.717, 1.165) is 18.2 Å². The van der Waals surface area contributed by atoms with Crippen molar-refractivity contribution in [2.24, 2.45) is 0 Å². The molecule has 0 spiro atoms. The highest BCUT2D eigenvalue weighted by atomic mass is 35.5. The van der Waals surface area contributed by atoms with Gasteiger partial charge in [-0.25, -0.2) is 18.7 Å². The SMILES string of the molecule is COc1cc2ncnc(Nc3ccc(F)c(Cl)c3)c2cc1NC(=O)c1cc([N+](=O)[O-])ccc1F. The number of aromatic nitrogens is 2. The highest BCUT2D eigenvalue weighted by molar-refractivity contribution is 6.31. The topological polar surface area (TPSA) is 119 Å². The van der Waals surface area contributed by atoms with Crippen molar-refractivity contribution in [1.29, 1.82) is 0 Å². The quantitative estimate of drug-likeness (QED) is 0.274. The Hall–Kier alpha value is -4.38. The van der Waals surface area contributed by atoms with E-state index < -0.39 is 33.7 Å². The third kappa shape index (κ3) is 4.55. The van der Waals surface area contributed by atoms with Crippen LogP contribution in [0.5, 0.6) is 5.75 Å². The Morgan fingerprint density at radius 1 is 1.09 bits per heavy atom. The normalized spacial score (nSPS) is 10.7. The Kier molecular flexibility index (Phi) is 6.19. The fraction of sp³-hybridized carbons (Fsp3) is 0.0455. The second kappa shape index (κ2) is 9.24. The van der Waals surface area contributed by atoms with Crippen molar-refractivity contribution in [3.05, 3.63) is 87.2 Å². The Balaban J connectivity index is 1.73. The number of anilines is 3. The predicted molar refractivity (Wildman–Crippen MR) is 122 cm³/mol. The van der Waals surface area contributed by atoms with Gasteiger partial charge in [0.25, 0.3) is 11.6 Å². The summed E-state index contributed by atoms with van der Waals surface area (Å²) in [7, 11) is 1.37. The van der Waals surface area contributed by atoms with Crippen LogP contribution in [0.25, 0.3) is 10.9 Å². The monoisotopic (exact) mass is 485 g/mol. The van der Waals surface area contributed by atoms with Crippen LogP contribution < -0.4 is 15.4 Å². The van der Waals surface area contributed by atoms with Crippen LogP contribution in [0.15, 0.2) is 54.9 Å². The maximum atomic E-state index is 14.2. The Bertz CT molecular complexity index is 1450. The van der Waals surface area contributed by atoms with E-state index in [1.807, 2.05) is 0 Å². The molecule has 0 saturated heterocycles. The van der Waals surface area contributed by atoms with Gasteiger partial charge in [-0.3, -0.25) is 14.9 Å². The maximum absolute atomic E-state index is 14.2. The molecule has 172 valence electrons. The number of nitro benzene ring substituents is 1. The highest BCUT2D eigenvalue weighted by Gasteiger charge is 2.19. The first-order chi connectivity index (χ1) is 16.3. The van der Waals surface area contributed by atoms with Gasteiger partial charge < -0.3 is 15.4 Å². The molecule has 1 amide bonds. The van der Waals surface area contributed by atoms with Gasteiger partial charge in [-0.05, 0) is 30.3 Å². The summed E-state index contributed by atoms with van der Waals surface area (Å²) < 4.78 is 33.0. The third-order valence-electron chi connectivity index (χ3n) is 4.79. The van der Waals surface area contributed by atoms with Crippen molar-refractivity contribution in [3.8, 4) is 5.75 Å². The van der Waals surface area contributed by atoms with E-state index in [2.05, 4.69) is 20.6 Å². The number of carbonyl (C=O) groups is 1. The summed E-state index contributed by atoms with van der Waals surface area (Å²) in [5.41, 5.74) is 0.0873. The van der Waals surface area contributed by atoms with E-state index in [-0.39, 0.29) is 16.5 Å². The molecule has 9 nitrogen and oxygen atoms in total. The predicted octanol–water partition coefficient (Wildman–Crippen LogP) is 5.47. The van der Waals surface area contributed by atoms with E-state index in [0.29, 0.717) is 22.4 Å². The fourth-order valence-electron chi connectivity index (χ4n) is 3.15. The van der Waals surface area contributed by atoms with Crippen LogP contribution in [-0.4, -0.2) is 27.9 Å². The number of halogens is 3. The number of nitrogens with one attached hydrogen (secondary N) is 2. The zero-order valence-corrected chi connectivity index (χ0v) is 18.1. The number of hydrogen-bond acceptors (Lipinski definition) is 7. The first-order valence-corrected chi connectivity index (χ1v) is 9.94. The number of ether oxygens (including phenoxy) is 1. The van der Waals surface area contributed by atoms with Crippen LogP contribution in [0.4, 0.5) is 31.7 Å². The average Bonchev–Trinajstić information content (AvgIpc) is 2.81. The number of nitrogens with zero attached hydrogens (tertiary/aromatic N) is 3. The molecule has 0 radical (unpaired) electrons. The standard InChI is InChI=1S/C22H14ClF2N5O4/c1-34-20-9-18-14(21(27-10-26-18)28-11-2-4-17(25)15(23)6-11)8-19(20)29-22(31)13-7-12(30(32)33)3-5-16(13)24/h2-10H,1H3,(H,29,31)(H,26,27,28). The molecule has 0 atom stereocenters. The van der Waals surface area contributed by atoms with Gasteiger partial charge in [-0.1, -0.05) is 11.6 Å². The summed E-state index contributed by atoms with van der Waals surface area (Å²) in [6.07, 6.45) is 1.30. The summed E-state index contributed by atoms with van der Waals surface area (Å²) in [5.74, 6) is -1.91. The van der Waals surface area contributed by atoms with E-state index >= 15 is 0 Å². The Morgan fingerprint density at radius 3 is 2.56 bits per heavy atom. The van der Waals surface area contributed by atoms with Crippen LogP contribution in [-0.2, 0) is 0 Å². The van der Waals surface area contributed by atoms with Crippen molar-refractivity contribution in [3.63, 3.8) is 0 Å². The van der Waals surface area contributed by atoms with Crippen molar-refractivity contribution in [2.45, 2.75) is 0 Å². The zero-order chi connectivity index (χ0) is 24.4. The lowest BCUT2D eigenvalue weighted by Gasteiger charge is -2.14. The number of carbonyl (C=O) groups excluding carboxylic acids is 1. The molecule has 0 aliphatic carbocycles. The van der Waals surface area contributed by atoms with Crippen LogP contribution in [0.3, 0.4) is 0 Å². The van der Waals surface area contributed by atoms with Crippen molar-refractivity contribution in [2.75, 3.05) is 17.7 Å². The molecule has 0 aliphatic rings. The molecular weight excluding hydrogens is 472 g/mol. The van der Waals surface area contributed by atoms with Gasteiger partial charge in [0, 0.05) is 29.3 Å². The minimum absolute atomic E-state index is 0.0861. The van der Waals surface area contributed by atoms with Crippen molar-refractivity contribution < 1.29 is 23.2 Å². The molecule has 0 fully saturated rings. The number of benzene rings is 3. The van der Waals surface area contributed by atoms with Crippen LogP contribution >= 0.6 is 11.6 Å². The number of rotatable bonds is 6. The smallest absolute Gasteiger partial charge is 0.270 e. The van der Waals surface area contributed by atoms with Crippen LogP contribution in [0.1, 0.15) is 10.4 Å². The summed E-state index contributed by atoms with van der Waals surface area (Å²) in [5, 5.41) is 16.9. The molecule has 0 bridgehead atoms. The van der Waals surface area contributed by atoms with E-state index in [1.54, 1.807) is 0 Å². The minimum atomic E-state index is -0.929. The van der Waals surface area contributed by atoms with Gasteiger partial charge >= 0.3 is 0 Å². The molecule has 1 aromatic heterocycles. The molecule has 4 rings (SSSR count). The van der Waals surface area contributed by atoms with Gasteiger partial charge in [0.05, 0.1) is 33.8 Å². The zero-order valence-electron chi connectivity index (χ0n) is 17.3. The second-order valence-corrected chi connectivity index (χ2v) is 7.33. The first kappa shape index (κ1) is 22.8. The van der Waals surface area contributed by atoms with Crippen LogP contribution in [0, 0.1) is 21.7 Å². The lowest BCUT2D eigenvalue weighted by molar-refractivity contribution is -0.384. The maximum Gasteiger partial charge on any atom is 0.270 e. The number of amides is 1. The fourth-order valence-corrected chi connectivity index (χ4v) is 3.33. The number of non-ortho nitro benzene ring substituents is 1. The summed E-state index contributed by atoms with van der Waals surface area (Å²) >= 11 is 5.84. The molecular formula is C22H14ClF2N5O4. The molecule has 0 unspecified atom stereocenters. The number of fused-ring (bicyclic) bond motifs is 1. The van der Waals surface area contributed by atoms with Gasteiger partial charge in [0.2, 0.25) is 0 Å². The Labute approximate surface area is 195 Å². The van der Waals surface area contributed by atoms with Gasteiger partial charge in [0.15, 0.2) is 0 Å². The first-order valence-electron chi connectivity index (χ1n) is 9.57. The molecule has 1 heterocycles. The summed E-state index contributed by atoms with van der Waals surface area (Å²) in [6.45, 7) is 0. The lowest BCUT2D eigenvalue weighted by Crippen LogP contribution is -2.15. The van der Waals surface area contributed by atoms with Gasteiger partial charge in [-0.15, -0.1) is 0 Å². The van der Waals surface area contributed by atoms with E-state index in [1.165, 1.54) is 43.8 Å². The van der Waals surface area contributed by atoms with Gasteiger partial charge in [0.1, 0.15) is 29.5 Å². The average molecular weight is 486 g/mol. The second-order valence-electron chi connectivity index (χ2n) is 6.92. The van der Waals surface area contributed by atoms with Crippen LogP contribution in [0.2, 0.25) is 5.02 Å². The van der Waals surface area contributed by atoms with Gasteiger partial charge in [-0.2, -0.15) is 0 Å². The third-order valence-corrected chi connectivity index (χ3v) is 5.08. The number of hydrogen-bond donors (Lipinski definition) is 2. The summed E-state index contributed by atoms with van der Waals surface area (Å²) in [4.78, 5) is 31.4. The van der Waals surface area contributed by atoms with E-state index in [4.69, 9.17) is 16.3 Å². The number of nitro groups is 1. The molecule has 2 N–H and O–H groups in total. The molecule has 34 heavy (non-hydrogen) atoms. The van der Waals surface area contributed by atoms with E-state index in [9.17, 15) is 23.7 Å². The molecule has 12 heteroatoms. The lowest BCUT2D eigenvalue weighted by atomic mass is 10.1.